The summed E-state index contributed by atoms with van der Waals surface area (Å²) in [6.45, 7) is 4.87. The summed E-state index contributed by atoms with van der Waals surface area (Å²) in [6, 6.07) is -0.628. The summed E-state index contributed by atoms with van der Waals surface area (Å²) in [7, 11) is 0. The lowest BCUT2D eigenvalue weighted by Gasteiger charge is -2.20. The fourth-order valence-electron chi connectivity index (χ4n) is 9.31. The summed E-state index contributed by atoms with van der Waals surface area (Å²) in [5.74, 6) is -0.0686. The van der Waals surface area contributed by atoms with E-state index >= 15 is 0 Å². The maximum Gasteiger partial charge on any atom is 0.305 e. The van der Waals surface area contributed by atoms with Gasteiger partial charge in [-0.2, -0.15) is 0 Å². The van der Waals surface area contributed by atoms with Crippen molar-refractivity contribution in [2.24, 2.45) is 0 Å². The van der Waals surface area contributed by atoms with Crippen molar-refractivity contribution >= 4 is 11.9 Å². The molecule has 3 N–H and O–H groups in total. The van der Waals surface area contributed by atoms with Crippen LogP contribution in [0.4, 0.5) is 0 Å². The normalized spacial score (nSPS) is 12.9. The van der Waals surface area contributed by atoms with E-state index in [9.17, 15) is 19.8 Å². The van der Waals surface area contributed by atoms with Crippen molar-refractivity contribution < 1.29 is 24.5 Å². The van der Waals surface area contributed by atoms with Gasteiger partial charge in [-0.3, -0.25) is 9.59 Å². The van der Waals surface area contributed by atoms with E-state index in [-0.39, 0.29) is 18.5 Å². The molecule has 2 unspecified atom stereocenters. The van der Waals surface area contributed by atoms with Gasteiger partial charge in [0.05, 0.1) is 25.4 Å². The third-order valence-corrected chi connectivity index (χ3v) is 14.1. The Balaban J connectivity index is 3.42. The molecule has 6 heteroatoms. The topological polar surface area (TPSA) is 95.9 Å². The molecule has 0 aliphatic rings. The molecule has 0 heterocycles. The smallest absolute Gasteiger partial charge is 0.305 e. The summed E-state index contributed by atoms with van der Waals surface area (Å²) in [4.78, 5) is 24.4. The zero-order valence-corrected chi connectivity index (χ0v) is 46.7. The monoisotopic (exact) mass is 982 g/mol. The summed E-state index contributed by atoms with van der Waals surface area (Å²) in [5, 5.41) is 23.1. The summed E-state index contributed by atoms with van der Waals surface area (Å²) in [5.41, 5.74) is 0. The van der Waals surface area contributed by atoms with Gasteiger partial charge in [-0.15, -0.1) is 0 Å². The lowest BCUT2D eigenvalue weighted by atomic mass is 10.0. The lowest BCUT2D eigenvalue weighted by Crippen LogP contribution is -2.45. The van der Waals surface area contributed by atoms with Crippen molar-refractivity contribution in [2.75, 3.05) is 13.2 Å². The van der Waals surface area contributed by atoms with Crippen LogP contribution in [0.2, 0.25) is 0 Å². The number of carbonyl (C=O) groups is 2. The average molecular weight is 983 g/mol. The Morgan fingerprint density at radius 3 is 1.13 bits per heavy atom. The maximum absolute atomic E-state index is 12.4. The van der Waals surface area contributed by atoms with E-state index in [0.717, 1.165) is 51.4 Å². The molecule has 2 atom stereocenters. The number of unbranched alkanes of at least 4 members (excludes halogenated alkanes) is 40. The predicted molar refractivity (Wildman–Crippen MR) is 306 cm³/mol. The maximum atomic E-state index is 12.4. The molecule has 0 saturated carbocycles. The first kappa shape index (κ1) is 67.8. The first-order chi connectivity index (χ1) is 34.5. The van der Waals surface area contributed by atoms with E-state index in [0.29, 0.717) is 19.4 Å². The number of aliphatic hydroxyl groups excluding tert-OH is 2. The summed E-state index contributed by atoms with van der Waals surface area (Å²) >= 11 is 0. The fraction of sp³-hybridized carbons (Fsp3) is 0.844. The first-order valence-corrected chi connectivity index (χ1v) is 30.9. The molecule has 6 nitrogen and oxygen atoms in total. The Bertz CT molecular complexity index is 1180. The van der Waals surface area contributed by atoms with Gasteiger partial charge in [0.1, 0.15) is 0 Å². The number of hydrogen-bond acceptors (Lipinski definition) is 5. The van der Waals surface area contributed by atoms with E-state index in [1.807, 2.05) is 6.08 Å². The van der Waals surface area contributed by atoms with Gasteiger partial charge in [-0.25, -0.2) is 0 Å². The van der Waals surface area contributed by atoms with Crippen molar-refractivity contribution in [2.45, 2.75) is 334 Å². The molecule has 0 aliphatic heterocycles. The standard InChI is InChI=1S/C64H119NO5/c1-3-5-7-9-11-13-15-36-40-44-48-52-56-62(67)61(60-66)65-63(68)57-53-49-45-41-37-34-32-30-28-26-24-22-20-18-17-19-21-23-25-27-29-31-33-35-39-43-47-51-55-59-70-64(69)58-54-50-46-42-38-16-14-12-10-8-6-4-2/h12,14,17,19,23,25,52,56,61-62,66-67H,3-11,13,15-16,18,20-22,24,26-51,53-55,57-60H2,1-2H3,(H,65,68)/b14-12-,19-17-,25-23-,56-52+. The highest BCUT2D eigenvalue weighted by Gasteiger charge is 2.18. The first-order valence-electron chi connectivity index (χ1n) is 30.9. The van der Waals surface area contributed by atoms with Crippen molar-refractivity contribution in [1.29, 1.82) is 0 Å². The predicted octanol–water partition coefficient (Wildman–Crippen LogP) is 19.4. The number of aliphatic hydroxyl groups is 2. The lowest BCUT2D eigenvalue weighted by molar-refractivity contribution is -0.143. The van der Waals surface area contributed by atoms with Crippen molar-refractivity contribution in [3.8, 4) is 0 Å². The SMILES string of the molecule is CCCCC/C=C\CCCCCCCC(=O)OCCCCCCCCCCC/C=C\C/C=C\CCCCCCCCCCCCCCCC(=O)NC(CO)C(O)/C=C/CCCCCCCCCCCC. The zero-order valence-electron chi connectivity index (χ0n) is 46.7. The van der Waals surface area contributed by atoms with Crippen LogP contribution in [0.25, 0.3) is 0 Å². The minimum absolute atomic E-state index is 0.00107. The molecule has 70 heavy (non-hydrogen) atoms. The number of nitrogens with one attached hydrogen (secondary N) is 1. The van der Waals surface area contributed by atoms with Gasteiger partial charge in [-0.05, 0) is 89.9 Å². The number of esters is 1. The summed E-state index contributed by atoms with van der Waals surface area (Å²) in [6.07, 6.45) is 75.9. The molecule has 0 rings (SSSR count). The fourth-order valence-corrected chi connectivity index (χ4v) is 9.31. The minimum Gasteiger partial charge on any atom is -0.466 e. The highest BCUT2D eigenvalue weighted by Crippen LogP contribution is 2.16. The van der Waals surface area contributed by atoms with Crippen LogP contribution in [0.1, 0.15) is 322 Å². The molecule has 0 aromatic heterocycles. The molecule has 0 aromatic rings. The van der Waals surface area contributed by atoms with E-state index in [4.69, 9.17) is 4.74 Å². The van der Waals surface area contributed by atoms with Gasteiger partial charge in [0, 0.05) is 12.8 Å². The van der Waals surface area contributed by atoms with E-state index < -0.39 is 12.1 Å². The minimum atomic E-state index is -0.844. The number of allylic oxidation sites excluding steroid dienone is 7. The Labute approximate surface area is 436 Å². The molecule has 0 fully saturated rings. The Kier molecular flexibility index (Phi) is 57.5. The zero-order chi connectivity index (χ0) is 50.7. The molecule has 0 radical (unpaired) electrons. The molecule has 0 aliphatic carbocycles. The third-order valence-electron chi connectivity index (χ3n) is 14.1. The van der Waals surface area contributed by atoms with Crippen LogP contribution >= 0.6 is 0 Å². The number of ether oxygens (including phenoxy) is 1. The Morgan fingerprint density at radius 2 is 0.714 bits per heavy atom. The van der Waals surface area contributed by atoms with Crippen LogP contribution in [0.5, 0.6) is 0 Å². The molecule has 0 aromatic carbocycles. The molecule has 0 spiro atoms. The van der Waals surface area contributed by atoms with E-state index in [1.54, 1.807) is 6.08 Å². The Hall–Kier alpha value is -2.18. The largest absolute Gasteiger partial charge is 0.466 e. The van der Waals surface area contributed by atoms with Crippen LogP contribution in [0.3, 0.4) is 0 Å². The van der Waals surface area contributed by atoms with Crippen LogP contribution in [-0.4, -0.2) is 47.4 Å². The highest BCUT2D eigenvalue weighted by molar-refractivity contribution is 5.76. The van der Waals surface area contributed by atoms with Crippen LogP contribution < -0.4 is 5.32 Å². The van der Waals surface area contributed by atoms with Gasteiger partial charge < -0.3 is 20.3 Å². The van der Waals surface area contributed by atoms with Gasteiger partial charge in [0.15, 0.2) is 0 Å². The van der Waals surface area contributed by atoms with E-state index in [2.05, 4.69) is 55.6 Å². The average Bonchev–Trinajstić information content (AvgIpc) is 3.36. The van der Waals surface area contributed by atoms with Gasteiger partial charge in [0.2, 0.25) is 5.91 Å². The molecule has 0 bridgehead atoms. The Morgan fingerprint density at radius 1 is 0.400 bits per heavy atom. The quantitative estimate of drug-likeness (QED) is 0.0321. The van der Waals surface area contributed by atoms with Crippen LogP contribution in [-0.2, 0) is 14.3 Å². The van der Waals surface area contributed by atoms with Gasteiger partial charge in [-0.1, -0.05) is 268 Å². The number of hydrogen-bond donors (Lipinski definition) is 3. The van der Waals surface area contributed by atoms with Crippen LogP contribution in [0, 0.1) is 0 Å². The highest BCUT2D eigenvalue weighted by atomic mass is 16.5. The molecule has 1 amide bonds. The number of amides is 1. The van der Waals surface area contributed by atoms with Crippen molar-refractivity contribution in [1.82, 2.24) is 5.32 Å². The molecular formula is C64H119NO5. The molecule has 0 saturated heterocycles. The van der Waals surface area contributed by atoms with Crippen molar-refractivity contribution in [3.05, 3.63) is 48.6 Å². The number of carbonyl (C=O) groups excluding carboxylic acids is 2. The summed E-state index contributed by atoms with van der Waals surface area (Å²) < 4.78 is 5.46. The second kappa shape index (κ2) is 59.4. The number of rotatable bonds is 57. The van der Waals surface area contributed by atoms with Gasteiger partial charge >= 0.3 is 5.97 Å². The second-order valence-corrected chi connectivity index (χ2v) is 21.0. The molecule has 410 valence electrons. The van der Waals surface area contributed by atoms with Gasteiger partial charge in [0.25, 0.3) is 0 Å². The molecular weight excluding hydrogens is 863 g/mol. The second-order valence-electron chi connectivity index (χ2n) is 21.0. The van der Waals surface area contributed by atoms with Crippen molar-refractivity contribution in [3.63, 3.8) is 0 Å². The third kappa shape index (κ3) is 55.1. The van der Waals surface area contributed by atoms with E-state index in [1.165, 1.54) is 244 Å². The van der Waals surface area contributed by atoms with Crippen LogP contribution in [0.15, 0.2) is 48.6 Å².